The Morgan fingerprint density at radius 3 is 1.59 bits per heavy atom. The number of hydrogen-bond acceptors (Lipinski definition) is 4. The number of carbonyl (C=O) groups is 2. The summed E-state index contributed by atoms with van der Waals surface area (Å²) in [4.78, 5) is 38.7. The van der Waals surface area contributed by atoms with E-state index in [-0.39, 0.29) is 11.8 Å². The monoisotopic (exact) mass is 362 g/mol. The Morgan fingerprint density at radius 2 is 1.11 bits per heavy atom. The third kappa shape index (κ3) is 1.57. The zero-order chi connectivity index (χ0) is 18.2. The molecule has 5 heterocycles. The van der Waals surface area contributed by atoms with Crippen LogP contribution >= 0.6 is 0 Å². The minimum absolute atomic E-state index is 0.317. The van der Waals surface area contributed by atoms with Crippen LogP contribution in [-0.4, -0.2) is 16.8 Å². The van der Waals surface area contributed by atoms with Crippen molar-refractivity contribution < 1.29 is 34.0 Å². The summed E-state index contributed by atoms with van der Waals surface area (Å²) in [6.07, 6.45) is 3.19. The van der Waals surface area contributed by atoms with Crippen molar-refractivity contribution in [1.82, 2.24) is 0 Å². The van der Waals surface area contributed by atoms with E-state index in [1.807, 2.05) is 0 Å². The summed E-state index contributed by atoms with van der Waals surface area (Å²) >= 11 is 0. The maximum atomic E-state index is 13.3. The van der Waals surface area contributed by atoms with Crippen LogP contribution in [0.2, 0.25) is 0 Å². The van der Waals surface area contributed by atoms with E-state index in [9.17, 15) is 9.59 Å². The minimum Gasteiger partial charge on any atom is -0.256 e. The molecule has 1 aromatic carbocycles. The Labute approximate surface area is 152 Å². The van der Waals surface area contributed by atoms with Crippen molar-refractivity contribution >= 4 is 23.2 Å². The van der Waals surface area contributed by atoms with Gasteiger partial charge in [-0.15, -0.1) is 0 Å². The van der Waals surface area contributed by atoms with Gasteiger partial charge in [-0.2, -0.15) is 0 Å². The summed E-state index contributed by atoms with van der Waals surface area (Å²) in [5.74, 6) is -0.714. The van der Waals surface area contributed by atoms with E-state index in [1.165, 1.54) is 19.5 Å². The summed E-state index contributed by atoms with van der Waals surface area (Å²) in [5.41, 5.74) is 1.66. The summed E-state index contributed by atoms with van der Waals surface area (Å²) < 4.78 is 2.61. The number of nitrogens with zero attached hydrogens (tertiary/aromatic N) is 5. The fourth-order valence-electron chi connectivity index (χ4n) is 3.57. The molecule has 0 N–H and O–H groups in total. The van der Waals surface area contributed by atoms with E-state index in [1.54, 1.807) is 73.1 Å². The average molecular weight is 362 g/mol. The molecule has 0 aliphatic carbocycles. The van der Waals surface area contributed by atoms with E-state index < -0.39 is 5.03 Å². The largest absolute Gasteiger partial charge is 0.384 e. The molecule has 0 radical (unpaired) electrons. The molecular weight excluding hydrogens is 350 g/mol. The van der Waals surface area contributed by atoms with E-state index in [4.69, 9.17) is 9.88 Å². The van der Waals surface area contributed by atoms with Gasteiger partial charge >= 0.3 is 28.2 Å². The molecule has 130 valence electrons. The highest BCUT2D eigenvalue weighted by Gasteiger charge is 2.77. The van der Waals surface area contributed by atoms with Gasteiger partial charge in [-0.3, -0.25) is 9.59 Å². The molecule has 0 unspecified atom stereocenters. The standard InChI is InChI=1S/C18H12N5O4/c24-17-15-9-3-5-11-19(15)26-23-21(17)13-7-1-2-8-14(13)22(23)18(25)16-10-4-6-12-20(16)27-23/h1-12H/q+3. The van der Waals surface area contributed by atoms with E-state index in [0.29, 0.717) is 22.8 Å². The quantitative estimate of drug-likeness (QED) is 0.415. The first kappa shape index (κ1) is 14.2. The van der Waals surface area contributed by atoms with Crippen LogP contribution in [0.5, 0.6) is 0 Å². The predicted molar refractivity (Wildman–Crippen MR) is 86.8 cm³/mol. The Bertz CT molecular complexity index is 1070. The molecule has 2 amide bonds. The van der Waals surface area contributed by atoms with Crippen LogP contribution in [0.25, 0.3) is 0 Å². The fourth-order valence-corrected chi connectivity index (χ4v) is 3.57. The van der Waals surface area contributed by atoms with Gasteiger partial charge in [0.05, 0.1) is 9.46 Å². The van der Waals surface area contributed by atoms with Crippen LogP contribution in [0.3, 0.4) is 0 Å². The van der Waals surface area contributed by atoms with Crippen LogP contribution in [-0.2, 0) is 0 Å². The molecule has 3 aliphatic rings. The smallest absolute Gasteiger partial charge is 0.256 e. The molecule has 3 aliphatic heterocycles. The summed E-state index contributed by atoms with van der Waals surface area (Å²) in [5, 5.41) is 1.71. The van der Waals surface area contributed by atoms with E-state index in [2.05, 4.69) is 0 Å². The third-order valence-electron chi connectivity index (χ3n) is 4.70. The van der Waals surface area contributed by atoms with Crippen molar-refractivity contribution in [3.05, 3.63) is 84.4 Å². The second kappa shape index (κ2) is 4.59. The lowest BCUT2D eigenvalue weighted by Crippen LogP contribution is -2.89. The van der Waals surface area contributed by atoms with Gasteiger partial charge in [0.2, 0.25) is 12.4 Å². The van der Waals surface area contributed by atoms with Crippen LogP contribution in [0.4, 0.5) is 11.4 Å². The normalized spacial score (nSPS) is 17.8. The number of quaternary nitrogens is 1. The lowest BCUT2D eigenvalue weighted by Gasteiger charge is -2.31. The molecule has 3 aromatic rings. The third-order valence-corrected chi connectivity index (χ3v) is 4.70. The fraction of sp³-hybridized carbons (Fsp3) is 0. The molecular formula is C18H12N5O4+3. The molecule has 9 nitrogen and oxygen atoms in total. The van der Waals surface area contributed by atoms with Gasteiger partial charge in [0, 0.05) is 34.1 Å². The number of aromatic nitrogens is 2. The van der Waals surface area contributed by atoms with Crippen LogP contribution < -0.4 is 29.4 Å². The van der Waals surface area contributed by atoms with Gasteiger partial charge in [-0.25, -0.2) is 0 Å². The topological polar surface area (TPSA) is 66.8 Å². The molecule has 0 saturated carbocycles. The number of rotatable bonds is 0. The maximum Gasteiger partial charge on any atom is 0.384 e. The molecule has 9 heteroatoms. The molecule has 0 bridgehead atoms. The first-order chi connectivity index (χ1) is 13.2. The predicted octanol–water partition coefficient (Wildman–Crippen LogP) is -0.0700. The maximum absolute atomic E-state index is 13.3. The molecule has 0 atom stereocenters. The molecule has 6 rings (SSSR count). The number of hydrogen-bond donors (Lipinski definition) is 0. The zero-order valence-electron chi connectivity index (χ0n) is 13.8. The second-order valence-corrected chi connectivity index (χ2v) is 6.20. The van der Waals surface area contributed by atoms with Gasteiger partial charge < -0.3 is 0 Å². The number of fused-ring (bicyclic) bond motifs is 5. The Morgan fingerprint density at radius 1 is 0.667 bits per heavy atom. The Balaban J connectivity index is 1.68. The lowest BCUT2D eigenvalue weighted by atomic mass is 10.2. The Kier molecular flexibility index (Phi) is 2.42. The lowest BCUT2D eigenvalue weighted by molar-refractivity contribution is -1.42. The molecule has 0 saturated heterocycles. The van der Waals surface area contributed by atoms with Crippen LogP contribution in [0, 0.1) is 0 Å². The van der Waals surface area contributed by atoms with Gasteiger partial charge in [0.1, 0.15) is 11.4 Å². The Hall–Kier alpha value is -3.98. The number of anilines is 2. The summed E-state index contributed by atoms with van der Waals surface area (Å²) in [7, 11) is 0. The summed E-state index contributed by atoms with van der Waals surface area (Å²) in [6.45, 7) is 0. The zero-order valence-corrected chi connectivity index (χ0v) is 13.8. The van der Waals surface area contributed by atoms with Gasteiger partial charge in [0.15, 0.2) is 0 Å². The van der Waals surface area contributed by atoms with Crippen LogP contribution in [0.1, 0.15) is 21.0 Å². The van der Waals surface area contributed by atoms with Gasteiger partial charge in [-0.05, 0) is 34.3 Å². The van der Waals surface area contributed by atoms with Crippen molar-refractivity contribution in [3.63, 3.8) is 0 Å². The average Bonchev–Trinajstić information content (AvgIpc) is 2.98. The van der Waals surface area contributed by atoms with Crippen molar-refractivity contribution in [2.24, 2.45) is 0 Å². The number of para-hydroxylation sites is 2. The second-order valence-electron chi connectivity index (χ2n) is 6.20. The van der Waals surface area contributed by atoms with Gasteiger partial charge in [0.25, 0.3) is 0 Å². The highest BCUT2D eigenvalue weighted by molar-refractivity contribution is 6.11. The molecule has 2 aromatic heterocycles. The first-order valence-corrected chi connectivity index (χ1v) is 8.30. The number of carbonyl (C=O) groups excluding carboxylic acids is 2. The summed E-state index contributed by atoms with van der Waals surface area (Å²) in [6, 6.07) is 17.3. The first-order valence-electron chi connectivity index (χ1n) is 8.30. The van der Waals surface area contributed by atoms with E-state index in [0.717, 1.165) is 0 Å². The number of amides is 2. The van der Waals surface area contributed by atoms with E-state index >= 15 is 0 Å². The van der Waals surface area contributed by atoms with Crippen molar-refractivity contribution in [1.29, 1.82) is 0 Å². The number of benzene rings is 1. The highest BCUT2D eigenvalue weighted by Crippen LogP contribution is 2.44. The molecule has 27 heavy (non-hydrogen) atoms. The number of pyridine rings is 2. The SMILES string of the molecule is O=C1c2cccc[n+]2O[N+]23O[n+]4ccccc4C(=O)N2c2ccccc2N13. The van der Waals surface area contributed by atoms with Crippen LogP contribution in [0.15, 0.2) is 73.1 Å². The van der Waals surface area contributed by atoms with Crippen molar-refractivity contribution in [2.75, 3.05) is 10.0 Å². The van der Waals surface area contributed by atoms with Gasteiger partial charge in [-0.1, -0.05) is 12.1 Å². The highest BCUT2D eigenvalue weighted by atomic mass is 17.2. The van der Waals surface area contributed by atoms with Crippen molar-refractivity contribution in [3.8, 4) is 0 Å². The molecule has 1 spiro atoms. The minimum atomic E-state index is -0.916. The molecule has 0 fully saturated rings. The van der Waals surface area contributed by atoms with Crippen molar-refractivity contribution in [2.45, 2.75) is 0 Å².